The minimum absolute atomic E-state index is 0.102. The Morgan fingerprint density at radius 1 is 1.17 bits per heavy atom. The number of fused-ring (bicyclic) bond motifs is 1. The summed E-state index contributed by atoms with van der Waals surface area (Å²) in [7, 11) is 1.68. The summed E-state index contributed by atoms with van der Waals surface area (Å²) in [6.45, 7) is 4.01. The van der Waals surface area contributed by atoms with Crippen molar-refractivity contribution >= 4 is 23.4 Å². The summed E-state index contributed by atoms with van der Waals surface area (Å²) in [5, 5.41) is 9.54. The first kappa shape index (κ1) is 20.6. The molecule has 156 valence electrons. The van der Waals surface area contributed by atoms with Crippen molar-refractivity contribution in [3.8, 4) is 11.4 Å². The molecule has 0 unspecified atom stereocenters. The molecule has 0 spiro atoms. The van der Waals surface area contributed by atoms with Crippen LogP contribution < -0.4 is 4.90 Å². The van der Waals surface area contributed by atoms with Gasteiger partial charge in [-0.05, 0) is 37.5 Å². The van der Waals surface area contributed by atoms with E-state index in [4.69, 9.17) is 4.74 Å². The van der Waals surface area contributed by atoms with Crippen LogP contribution in [0.25, 0.3) is 11.4 Å². The van der Waals surface area contributed by atoms with Crippen LogP contribution in [0.1, 0.15) is 17.5 Å². The Hall–Kier alpha value is -2.64. The summed E-state index contributed by atoms with van der Waals surface area (Å²) in [6, 6.07) is 16.4. The fourth-order valence-corrected chi connectivity index (χ4v) is 4.61. The number of methoxy groups -OCH3 is 1. The number of hydrogen-bond donors (Lipinski definition) is 0. The third kappa shape index (κ3) is 4.42. The van der Waals surface area contributed by atoms with Crippen LogP contribution in [0.3, 0.4) is 0 Å². The summed E-state index contributed by atoms with van der Waals surface area (Å²) in [4.78, 5) is 14.9. The Balaban J connectivity index is 1.53. The molecule has 0 fully saturated rings. The predicted molar refractivity (Wildman–Crippen MR) is 120 cm³/mol. The second kappa shape index (κ2) is 9.45. The van der Waals surface area contributed by atoms with Crippen molar-refractivity contribution in [1.29, 1.82) is 0 Å². The van der Waals surface area contributed by atoms with Gasteiger partial charge >= 0.3 is 0 Å². The zero-order valence-electron chi connectivity index (χ0n) is 17.4. The van der Waals surface area contributed by atoms with Crippen LogP contribution in [0, 0.1) is 6.92 Å². The first-order valence-corrected chi connectivity index (χ1v) is 11.2. The van der Waals surface area contributed by atoms with Gasteiger partial charge in [0.25, 0.3) is 0 Å². The molecule has 3 aromatic rings. The maximum atomic E-state index is 13.0. The Morgan fingerprint density at radius 3 is 2.87 bits per heavy atom. The zero-order valence-corrected chi connectivity index (χ0v) is 18.2. The lowest BCUT2D eigenvalue weighted by Gasteiger charge is -2.29. The molecule has 2 heterocycles. The summed E-state index contributed by atoms with van der Waals surface area (Å²) in [5.74, 6) is 1.23. The first-order chi connectivity index (χ1) is 14.7. The summed E-state index contributed by atoms with van der Waals surface area (Å²) in [5.41, 5.74) is 4.46. The van der Waals surface area contributed by atoms with Gasteiger partial charge in [-0.2, -0.15) is 0 Å². The van der Waals surface area contributed by atoms with Crippen molar-refractivity contribution in [3.63, 3.8) is 0 Å². The lowest BCUT2D eigenvalue weighted by atomic mass is 10.0. The minimum atomic E-state index is 0.102. The lowest BCUT2D eigenvalue weighted by molar-refractivity contribution is -0.116. The van der Waals surface area contributed by atoms with Crippen LogP contribution in [-0.2, 0) is 22.5 Å². The third-order valence-corrected chi connectivity index (χ3v) is 6.20. The van der Waals surface area contributed by atoms with E-state index in [0.717, 1.165) is 41.6 Å². The first-order valence-electron chi connectivity index (χ1n) is 10.2. The molecule has 7 heteroatoms. The number of anilines is 1. The second-order valence-electron chi connectivity index (χ2n) is 7.39. The van der Waals surface area contributed by atoms with Gasteiger partial charge < -0.3 is 9.64 Å². The van der Waals surface area contributed by atoms with Crippen molar-refractivity contribution in [2.45, 2.75) is 31.5 Å². The van der Waals surface area contributed by atoms with Gasteiger partial charge in [0.05, 0.1) is 18.9 Å². The van der Waals surface area contributed by atoms with Crippen LogP contribution in [0.2, 0.25) is 0 Å². The van der Waals surface area contributed by atoms with Crippen LogP contribution in [0.5, 0.6) is 0 Å². The number of ether oxygens (including phenoxy) is 1. The standard InChI is InChI=1S/C23H26N4O2S/c1-17-7-5-9-19(15-17)22-24-25-23(27(22)13-14-29-2)30-16-21(28)26-12-6-10-18-8-3-4-11-20(18)26/h3-5,7-9,11,15H,6,10,12-14,16H2,1-2H3. The SMILES string of the molecule is COCCn1c(SCC(=O)N2CCCc3ccccc32)nnc1-c1cccc(C)c1. The molecular weight excluding hydrogens is 396 g/mol. The minimum Gasteiger partial charge on any atom is -0.383 e. The molecule has 6 nitrogen and oxygen atoms in total. The van der Waals surface area contributed by atoms with Crippen LogP contribution >= 0.6 is 11.8 Å². The Bertz CT molecular complexity index is 1030. The normalized spacial score (nSPS) is 13.3. The van der Waals surface area contributed by atoms with Crippen LogP contribution in [0.15, 0.2) is 53.7 Å². The fraction of sp³-hybridized carbons (Fsp3) is 0.348. The number of carbonyl (C=O) groups is 1. The van der Waals surface area contributed by atoms with Crippen molar-refractivity contribution < 1.29 is 9.53 Å². The average molecular weight is 423 g/mol. The molecule has 0 saturated carbocycles. The number of benzene rings is 2. The highest BCUT2D eigenvalue weighted by molar-refractivity contribution is 7.99. The highest BCUT2D eigenvalue weighted by Gasteiger charge is 2.23. The van der Waals surface area contributed by atoms with Crippen LogP contribution in [0.4, 0.5) is 5.69 Å². The molecule has 2 aromatic carbocycles. The van der Waals surface area contributed by atoms with E-state index in [1.54, 1.807) is 7.11 Å². The molecule has 1 aromatic heterocycles. The number of amides is 1. The number of nitrogens with zero attached hydrogens (tertiary/aromatic N) is 4. The Morgan fingerprint density at radius 2 is 2.03 bits per heavy atom. The summed E-state index contributed by atoms with van der Waals surface area (Å²) < 4.78 is 7.33. The van der Waals surface area contributed by atoms with Gasteiger partial charge in [-0.3, -0.25) is 9.36 Å². The summed E-state index contributed by atoms with van der Waals surface area (Å²) in [6.07, 6.45) is 2.02. The largest absolute Gasteiger partial charge is 0.383 e. The van der Waals surface area contributed by atoms with Crippen molar-refractivity contribution in [1.82, 2.24) is 14.8 Å². The Kier molecular flexibility index (Phi) is 6.50. The van der Waals surface area contributed by atoms with Crippen molar-refractivity contribution in [2.75, 3.05) is 30.9 Å². The van der Waals surface area contributed by atoms with E-state index >= 15 is 0 Å². The van der Waals surface area contributed by atoms with Gasteiger partial charge in [-0.1, -0.05) is 53.7 Å². The van der Waals surface area contributed by atoms with E-state index in [1.807, 2.05) is 39.8 Å². The number of aromatic nitrogens is 3. The number of carbonyl (C=O) groups excluding carboxylic acids is 1. The highest BCUT2D eigenvalue weighted by Crippen LogP contribution is 2.29. The van der Waals surface area contributed by atoms with Gasteiger partial charge in [-0.15, -0.1) is 10.2 Å². The molecule has 30 heavy (non-hydrogen) atoms. The number of hydrogen-bond acceptors (Lipinski definition) is 5. The molecule has 0 aliphatic carbocycles. The molecule has 0 radical (unpaired) electrons. The van der Waals surface area contributed by atoms with E-state index in [2.05, 4.69) is 35.3 Å². The monoisotopic (exact) mass is 422 g/mol. The lowest BCUT2D eigenvalue weighted by Crippen LogP contribution is -2.36. The zero-order chi connectivity index (χ0) is 20.9. The maximum absolute atomic E-state index is 13.0. The topological polar surface area (TPSA) is 60.2 Å². The fourth-order valence-electron chi connectivity index (χ4n) is 3.77. The van der Waals surface area contributed by atoms with E-state index in [-0.39, 0.29) is 5.91 Å². The number of thioether (sulfide) groups is 1. The Labute approximate surface area is 181 Å². The molecule has 0 bridgehead atoms. The summed E-state index contributed by atoms with van der Waals surface area (Å²) >= 11 is 1.44. The predicted octanol–water partition coefficient (Wildman–Crippen LogP) is 3.97. The molecule has 1 aliphatic rings. The van der Waals surface area contributed by atoms with Crippen molar-refractivity contribution in [2.24, 2.45) is 0 Å². The van der Waals surface area contributed by atoms with Gasteiger partial charge in [0, 0.05) is 24.9 Å². The van der Waals surface area contributed by atoms with Crippen molar-refractivity contribution in [3.05, 3.63) is 59.7 Å². The second-order valence-corrected chi connectivity index (χ2v) is 8.33. The molecular formula is C23H26N4O2S. The van der Waals surface area contributed by atoms with E-state index in [0.29, 0.717) is 18.9 Å². The molecule has 1 aliphatic heterocycles. The smallest absolute Gasteiger partial charge is 0.237 e. The highest BCUT2D eigenvalue weighted by atomic mass is 32.2. The number of aryl methyl sites for hydroxylation is 2. The van der Waals surface area contributed by atoms with Gasteiger partial charge in [0.1, 0.15) is 0 Å². The maximum Gasteiger partial charge on any atom is 0.237 e. The number of para-hydroxylation sites is 1. The van der Waals surface area contributed by atoms with Gasteiger partial charge in [0.15, 0.2) is 11.0 Å². The van der Waals surface area contributed by atoms with E-state index in [9.17, 15) is 4.79 Å². The molecule has 4 rings (SSSR count). The van der Waals surface area contributed by atoms with E-state index < -0.39 is 0 Å². The van der Waals surface area contributed by atoms with Crippen LogP contribution in [-0.4, -0.2) is 46.7 Å². The molecule has 0 saturated heterocycles. The average Bonchev–Trinajstić information content (AvgIpc) is 3.18. The quantitative estimate of drug-likeness (QED) is 0.539. The van der Waals surface area contributed by atoms with E-state index in [1.165, 1.54) is 22.9 Å². The third-order valence-electron chi connectivity index (χ3n) is 5.25. The molecule has 0 atom stereocenters. The molecule has 1 amide bonds. The van der Waals surface area contributed by atoms with Gasteiger partial charge in [0.2, 0.25) is 5.91 Å². The van der Waals surface area contributed by atoms with Gasteiger partial charge in [-0.25, -0.2) is 0 Å². The molecule has 0 N–H and O–H groups in total. The number of rotatable bonds is 7.